The normalized spacial score (nSPS) is 15.1. The van der Waals surface area contributed by atoms with E-state index in [4.69, 9.17) is 25.8 Å². The lowest BCUT2D eigenvalue weighted by Crippen LogP contribution is -2.38. The molecule has 29 heavy (non-hydrogen) atoms. The van der Waals surface area contributed by atoms with Crippen LogP contribution in [0.4, 0.5) is 0 Å². The number of esters is 2. The van der Waals surface area contributed by atoms with Crippen LogP contribution >= 0.6 is 22.9 Å². The predicted molar refractivity (Wildman–Crippen MR) is 111 cm³/mol. The van der Waals surface area contributed by atoms with Crippen molar-refractivity contribution in [2.45, 2.75) is 39.0 Å². The van der Waals surface area contributed by atoms with Crippen LogP contribution in [-0.2, 0) is 32.0 Å². The maximum Gasteiger partial charge on any atom is 0.338 e. The minimum Gasteiger partial charge on any atom is -0.468 e. The van der Waals surface area contributed by atoms with E-state index < -0.39 is 12.0 Å². The Bertz CT molecular complexity index is 882. The number of carbonyl (C=O) groups is 2. The van der Waals surface area contributed by atoms with Gasteiger partial charge in [-0.1, -0.05) is 29.8 Å². The van der Waals surface area contributed by atoms with Crippen molar-refractivity contribution < 1.29 is 23.8 Å². The van der Waals surface area contributed by atoms with Gasteiger partial charge in [-0.15, -0.1) is 11.3 Å². The molecule has 1 aliphatic heterocycles. The summed E-state index contributed by atoms with van der Waals surface area (Å²) < 4.78 is 15.7. The average molecular weight is 438 g/mol. The van der Waals surface area contributed by atoms with E-state index in [0.717, 1.165) is 22.4 Å². The van der Waals surface area contributed by atoms with Crippen LogP contribution in [0.2, 0.25) is 5.02 Å². The van der Waals surface area contributed by atoms with Crippen molar-refractivity contribution in [2.24, 2.45) is 0 Å². The van der Waals surface area contributed by atoms with Crippen molar-refractivity contribution in [3.05, 3.63) is 51.4 Å². The SMILES string of the molecule is COC(=O)[C@H](c1ccccc1Cl)N1CCc2sc(OC(=O)COC(C)C)cc2C1. The highest BCUT2D eigenvalue weighted by Crippen LogP contribution is 2.37. The number of ether oxygens (including phenoxy) is 3. The summed E-state index contributed by atoms with van der Waals surface area (Å²) in [6.45, 7) is 4.85. The number of hydrogen-bond acceptors (Lipinski definition) is 7. The number of fused-ring (bicyclic) bond motifs is 1. The van der Waals surface area contributed by atoms with Crippen LogP contribution in [0.3, 0.4) is 0 Å². The fraction of sp³-hybridized carbons (Fsp3) is 0.429. The van der Waals surface area contributed by atoms with Crippen LogP contribution in [0.15, 0.2) is 30.3 Å². The van der Waals surface area contributed by atoms with Crippen molar-refractivity contribution in [1.82, 2.24) is 4.90 Å². The molecule has 0 fully saturated rings. The molecule has 0 saturated carbocycles. The first-order valence-corrected chi connectivity index (χ1v) is 10.6. The molecule has 0 amide bonds. The second kappa shape index (κ2) is 9.71. The molecule has 1 aromatic heterocycles. The Balaban J connectivity index is 1.75. The van der Waals surface area contributed by atoms with Gasteiger partial charge in [0.25, 0.3) is 0 Å². The van der Waals surface area contributed by atoms with Gasteiger partial charge in [0.1, 0.15) is 12.6 Å². The number of thiophene rings is 1. The molecule has 6 nitrogen and oxygen atoms in total. The standard InChI is InChI=1S/C21H24ClNO5S/c1-13(2)27-12-18(24)28-19-10-14-11-23(9-8-17(14)29-19)20(21(25)26-3)15-6-4-5-7-16(15)22/h4-7,10,13,20H,8-9,11-12H2,1-3H3/t20-/m0/s1. The molecule has 0 unspecified atom stereocenters. The quantitative estimate of drug-likeness (QED) is 0.610. The fourth-order valence-corrected chi connectivity index (χ4v) is 4.52. The number of halogens is 1. The fourth-order valence-electron chi connectivity index (χ4n) is 3.26. The van der Waals surface area contributed by atoms with Gasteiger partial charge in [-0.2, -0.15) is 0 Å². The first-order valence-electron chi connectivity index (χ1n) is 9.39. The first-order chi connectivity index (χ1) is 13.9. The molecular formula is C21H24ClNO5S. The van der Waals surface area contributed by atoms with Gasteiger partial charge in [-0.3, -0.25) is 4.90 Å². The number of rotatable bonds is 7. The Labute approximate surface area is 179 Å². The summed E-state index contributed by atoms with van der Waals surface area (Å²) in [5.41, 5.74) is 1.76. The second-order valence-electron chi connectivity index (χ2n) is 7.02. The molecule has 156 valence electrons. The molecule has 0 spiro atoms. The Morgan fingerprint density at radius 1 is 1.28 bits per heavy atom. The molecule has 0 N–H and O–H groups in total. The molecule has 0 saturated heterocycles. The van der Waals surface area contributed by atoms with Gasteiger partial charge in [-0.05, 0) is 43.5 Å². The third-order valence-corrected chi connectivity index (χ3v) is 6.07. The molecule has 1 aromatic carbocycles. The largest absolute Gasteiger partial charge is 0.468 e. The van der Waals surface area contributed by atoms with Crippen molar-refractivity contribution in [1.29, 1.82) is 0 Å². The zero-order chi connectivity index (χ0) is 21.0. The van der Waals surface area contributed by atoms with Crippen LogP contribution in [0.25, 0.3) is 0 Å². The molecule has 0 bridgehead atoms. The van der Waals surface area contributed by atoms with E-state index in [1.165, 1.54) is 18.4 Å². The number of hydrogen-bond donors (Lipinski definition) is 0. The van der Waals surface area contributed by atoms with E-state index in [9.17, 15) is 9.59 Å². The average Bonchev–Trinajstić information content (AvgIpc) is 3.09. The molecule has 1 atom stereocenters. The summed E-state index contributed by atoms with van der Waals surface area (Å²) >= 11 is 7.81. The maximum atomic E-state index is 12.6. The van der Waals surface area contributed by atoms with Crippen molar-refractivity contribution in [2.75, 3.05) is 20.3 Å². The highest BCUT2D eigenvalue weighted by molar-refractivity contribution is 7.14. The number of benzene rings is 1. The number of carbonyl (C=O) groups excluding carboxylic acids is 2. The van der Waals surface area contributed by atoms with Gasteiger partial charge in [0.05, 0.1) is 13.2 Å². The Hall–Kier alpha value is -1.93. The van der Waals surface area contributed by atoms with Crippen LogP contribution in [0.5, 0.6) is 5.06 Å². The summed E-state index contributed by atoms with van der Waals surface area (Å²) in [5.74, 6) is -0.771. The van der Waals surface area contributed by atoms with E-state index >= 15 is 0 Å². The lowest BCUT2D eigenvalue weighted by Gasteiger charge is -2.33. The highest BCUT2D eigenvalue weighted by Gasteiger charge is 2.33. The minimum atomic E-state index is -0.591. The first kappa shape index (κ1) is 21.8. The van der Waals surface area contributed by atoms with Gasteiger partial charge < -0.3 is 14.2 Å². The predicted octanol–water partition coefficient (Wildman–Crippen LogP) is 4.00. The van der Waals surface area contributed by atoms with E-state index in [1.807, 2.05) is 43.0 Å². The molecule has 1 aliphatic rings. The van der Waals surface area contributed by atoms with E-state index in [2.05, 4.69) is 0 Å². The minimum absolute atomic E-state index is 0.0345. The number of methoxy groups -OCH3 is 1. The third kappa shape index (κ3) is 5.36. The lowest BCUT2D eigenvalue weighted by molar-refractivity contribution is -0.147. The summed E-state index contributed by atoms with van der Waals surface area (Å²) in [6.07, 6.45) is 0.713. The van der Waals surface area contributed by atoms with Gasteiger partial charge in [0.2, 0.25) is 0 Å². The van der Waals surface area contributed by atoms with E-state index in [-0.39, 0.29) is 18.7 Å². The zero-order valence-electron chi connectivity index (χ0n) is 16.6. The molecule has 8 heteroatoms. The molecule has 0 aliphatic carbocycles. The number of nitrogens with zero attached hydrogens (tertiary/aromatic N) is 1. The van der Waals surface area contributed by atoms with E-state index in [1.54, 1.807) is 6.07 Å². The highest BCUT2D eigenvalue weighted by atomic mass is 35.5. The van der Waals surface area contributed by atoms with Gasteiger partial charge in [0, 0.05) is 23.0 Å². The van der Waals surface area contributed by atoms with Crippen molar-refractivity contribution in [3.8, 4) is 5.06 Å². The summed E-state index contributed by atoms with van der Waals surface area (Å²) in [7, 11) is 1.38. The van der Waals surface area contributed by atoms with Crippen LogP contribution in [0.1, 0.15) is 35.9 Å². The van der Waals surface area contributed by atoms with Crippen LogP contribution in [-0.4, -0.2) is 43.2 Å². The summed E-state index contributed by atoms with van der Waals surface area (Å²) in [6, 6.07) is 8.57. The second-order valence-corrected chi connectivity index (χ2v) is 8.52. The van der Waals surface area contributed by atoms with Crippen molar-refractivity contribution >= 4 is 34.9 Å². The monoisotopic (exact) mass is 437 g/mol. The molecule has 2 heterocycles. The zero-order valence-corrected chi connectivity index (χ0v) is 18.2. The van der Waals surface area contributed by atoms with Gasteiger partial charge in [0.15, 0.2) is 5.06 Å². The maximum absolute atomic E-state index is 12.6. The summed E-state index contributed by atoms with van der Waals surface area (Å²) in [5, 5.41) is 1.07. The van der Waals surface area contributed by atoms with Crippen LogP contribution in [0, 0.1) is 0 Å². The van der Waals surface area contributed by atoms with Crippen LogP contribution < -0.4 is 4.74 Å². The Morgan fingerprint density at radius 2 is 2.03 bits per heavy atom. The van der Waals surface area contributed by atoms with E-state index in [0.29, 0.717) is 23.2 Å². The summed E-state index contributed by atoms with van der Waals surface area (Å²) in [4.78, 5) is 27.7. The van der Waals surface area contributed by atoms with Gasteiger partial charge >= 0.3 is 11.9 Å². The Kier molecular flexibility index (Phi) is 7.29. The van der Waals surface area contributed by atoms with Gasteiger partial charge in [-0.25, -0.2) is 9.59 Å². The third-order valence-electron chi connectivity index (χ3n) is 4.61. The topological polar surface area (TPSA) is 65.1 Å². The molecule has 3 rings (SSSR count). The lowest BCUT2D eigenvalue weighted by atomic mass is 10.0. The molecule has 2 aromatic rings. The Morgan fingerprint density at radius 3 is 2.72 bits per heavy atom. The molecular weight excluding hydrogens is 414 g/mol. The smallest absolute Gasteiger partial charge is 0.338 e. The van der Waals surface area contributed by atoms with Crippen molar-refractivity contribution in [3.63, 3.8) is 0 Å². The molecule has 0 radical (unpaired) electrons.